The Hall–Kier alpha value is -1.34. The molecular formula is C14H28N4O3. The Kier molecular flexibility index (Phi) is 7.45. The largest absolute Gasteiger partial charge is 0.382 e. The summed E-state index contributed by atoms with van der Waals surface area (Å²) < 4.78 is 10.8. The number of amides is 1. The van der Waals surface area contributed by atoms with Crippen LogP contribution in [0, 0.1) is 0 Å². The second-order valence-electron chi connectivity index (χ2n) is 5.62. The predicted octanol–water partition coefficient (Wildman–Crippen LogP) is -0.224. The van der Waals surface area contributed by atoms with Crippen LogP contribution in [0.25, 0.3) is 0 Å². The van der Waals surface area contributed by atoms with Gasteiger partial charge in [-0.3, -0.25) is 4.79 Å². The van der Waals surface area contributed by atoms with Crippen molar-refractivity contribution in [3.05, 3.63) is 0 Å². The fourth-order valence-corrected chi connectivity index (χ4v) is 1.98. The number of hydrogen-bond acceptors (Lipinski definition) is 4. The summed E-state index contributed by atoms with van der Waals surface area (Å²) in [6.45, 7) is 6.91. The normalized spacial score (nSPS) is 19.8. The van der Waals surface area contributed by atoms with Gasteiger partial charge < -0.3 is 24.6 Å². The lowest BCUT2D eigenvalue weighted by Gasteiger charge is -2.35. The average molecular weight is 300 g/mol. The smallest absolute Gasteiger partial charge is 0.243 e. The van der Waals surface area contributed by atoms with Crippen LogP contribution in [-0.2, 0) is 14.3 Å². The molecule has 7 nitrogen and oxygen atoms in total. The van der Waals surface area contributed by atoms with E-state index in [2.05, 4.69) is 29.1 Å². The summed E-state index contributed by atoms with van der Waals surface area (Å²) in [7, 11) is 5.13. The Bertz CT molecular complexity index is 356. The van der Waals surface area contributed by atoms with Crippen LogP contribution in [0.4, 0.5) is 0 Å². The Morgan fingerprint density at radius 3 is 2.81 bits per heavy atom. The van der Waals surface area contributed by atoms with E-state index in [1.54, 1.807) is 26.1 Å². The minimum atomic E-state index is -0.0141. The maximum Gasteiger partial charge on any atom is 0.243 e. The minimum absolute atomic E-state index is 0.0141. The molecule has 0 aliphatic carbocycles. The van der Waals surface area contributed by atoms with Gasteiger partial charge in [0.1, 0.15) is 6.54 Å². The van der Waals surface area contributed by atoms with Crippen LogP contribution < -0.4 is 5.32 Å². The van der Waals surface area contributed by atoms with Crippen LogP contribution in [0.3, 0.4) is 0 Å². The van der Waals surface area contributed by atoms with Crippen molar-refractivity contribution in [3.63, 3.8) is 0 Å². The monoisotopic (exact) mass is 300 g/mol. The number of methoxy groups -OCH3 is 1. The average Bonchev–Trinajstić information content (AvgIpc) is 2.43. The van der Waals surface area contributed by atoms with Crippen molar-refractivity contribution < 1.29 is 14.3 Å². The number of hydrogen-bond donors (Lipinski definition) is 1. The first-order chi connectivity index (χ1) is 9.93. The van der Waals surface area contributed by atoms with Crippen molar-refractivity contribution in [1.29, 1.82) is 0 Å². The van der Waals surface area contributed by atoms with Crippen LogP contribution in [0.1, 0.15) is 13.8 Å². The molecule has 1 unspecified atom stereocenters. The molecule has 0 saturated carbocycles. The van der Waals surface area contributed by atoms with Gasteiger partial charge in [0.25, 0.3) is 0 Å². The third-order valence-corrected chi connectivity index (χ3v) is 3.07. The molecule has 1 atom stereocenters. The molecule has 0 aromatic heterocycles. The molecular weight excluding hydrogens is 272 g/mol. The second kappa shape index (κ2) is 8.84. The maximum absolute atomic E-state index is 11.7. The van der Waals surface area contributed by atoms with Crippen LogP contribution in [0.15, 0.2) is 4.99 Å². The molecule has 0 aromatic carbocycles. The lowest BCUT2D eigenvalue weighted by Crippen LogP contribution is -2.53. The lowest BCUT2D eigenvalue weighted by atomic mass is 10.3. The zero-order chi connectivity index (χ0) is 15.8. The molecule has 1 aliphatic heterocycles. The van der Waals surface area contributed by atoms with Gasteiger partial charge in [-0.2, -0.15) is 0 Å². The molecule has 7 heteroatoms. The third kappa shape index (κ3) is 6.31. The highest BCUT2D eigenvalue weighted by Gasteiger charge is 2.23. The van der Waals surface area contributed by atoms with Gasteiger partial charge in [0.2, 0.25) is 5.91 Å². The van der Waals surface area contributed by atoms with Crippen molar-refractivity contribution in [2.75, 3.05) is 54.1 Å². The van der Waals surface area contributed by atoms with Crippen molar-refractivity contribution in [2.24, 2.45) is 4.99 Å². The van der Waals surface area contributed by atoms with Crippen LogP contribution in [-0.4, -0.2) is 87.9 Å². The minimum Gasteiger partial charge on any atom is -0.382 e. The molecule has 1 rings (SSSR count). The van der Waals surface area contributed by atoms with Gasteiger partial charge in [-0.25, -0.2) is 4.99 Å². The maximum atomic E-state index is 11.7. The molecule has 1 aliphatic rings. The first-order valence-electron chi connectivity index (χ1n) is 7.30. The van der Waals surface area contributed by atoms with Crippen molar-refractivity contribution in [3.8, 4) is 0 Å². The SMILES string of the molecule is COCC1CN(C(=NCC(=O)N(C)C)NC(C)C)CCO1. The van der Waals surface area contributed by atoms with E-state index in [1.165, 1.54) is 0 Å². The quantitative estimate of drug-likeness (QED) is 0.561. The first kappa shape index (κ1) is 17.7. The summed E-state index contributed by atoms with van der Waals surface area (Å²) in [6.07, 6.45) is 0.0347. The molecule has 0 bridgehead atoms. The highest BCUT2D eigenvalue weighted by Crippen LogP contribution is 2.06. The van der Waals surface area contributed by atoms with Gasteiger partial charge in [-0.15, -0.1) is 0 Å². The van der Waals surface area contributed by atoms with Gasteiger partial charge in [0.05, 0.1) is 19.3 Å². The second-order valence-corrected chi connectivity index (χ2v) is 5.62. The van der Waals surface area contributed by atoms with Gasteiger partial charge in [0.15, 0.2) is 5.96 Å². The summed E-state index contributed by atoms with van der Waals surface area (Å²) >= 11 is 0. The Labute approximate surface area is 127 Å². The summed E-state index contributed by atoms with van der Waals surface area (Å²) in [5, 5.41) is 3.32. The van der Waals surface area contributed by atoms with E-state index in [9.17, 15) is 4.79 Å². The Balaban J connectivity index is 2.71. The van der Waals surface area contributed by atoms with Gasteiger partial charge >= 0.3 is 0 Å². The highest BCUT2D eigenvalue weighted by molar-refractivity contribution is 5.85. The fraction of sp³-hybridized carbons (Fsp3) is 0.857. The molecule has 1 N–H and O–H groups in total. The van der Waals surface area contributed by atoms with Crippen molar-refractivity contribution in [2.45, 2.75) is 26.0 Å². The summed E-state index contributed by atoms with van der Waals surface area (Å²) in [6, 6.07) is 0.252. The van der Waals surface area contributed by atoms with Gasteiger partial charge in [-0.1, -0.05) is 0 Å². The van der Waals surface area contributed by atoms with Crippen LogP contribution in [0.5, 0.6) is 0 Å². The number of morpholine rings is 1. The molecule has 21 heavy (non-hydrogen) atoms. The number of carbonyl (C=O) groups excluding carboxylic acids is 1. The number of ether oxygens (including phenoxy) is 2. The van der Waals surface area contributed by atoms with Gasteiger partial charge in [0, 0.05) is 40.3 Å². The van der Waals surface area contributed by atoms with E-state index in [0.717, 1.165) is 12.5 Å². The van der Waals surface area contributed by atoms with E-state index in [-0.39, 0.29) is 24.6 Å². The number of nitrogens with zero attached hydrogens (tertiary/aromatic N) is 3. The zero-order valence-electron chi connectivity index (χ0n) is 13.8. The van der Waals surface area contributed by atoms with E-state index in [4.69, 9.17) is 9.47 Å². The first-order valence-corrected chi connectivity index (χ1v) is 7.30. The molecule has 0 aromatic rings. The summed E-state index contributed by atoms with van der Waals surface area (Å²) in [5.41, 5.74) is 0. The summed E-state index contributed by atoms with van der Waals surface area (Å²) in [5.74, 6) is 0.740. The Morgan fingerprint density at radius 1 is 1.52 bits per heavy atom. The van der Waals surface area contributed by atoms with Crippen molar-refractivity contribution >= 4 is 11.9 Å². The van der Waals surface area contributed by atoms with E-state index < -0.39 is 0 Å². The lowest BCUT2D eigenvalue weighted by molar-refractivity contribution is -0.127. The zero-order valence-corrected chi connectivity index (χ0v) is 13.8. The standard InChI is InChI=1S/C14H28N4O3/c1-11(2)16-14(15-8-13(19)17(3)4)18-6-7-21-12(9-18)10-20-5/h11-12H,6-10H2,1-5H3,(H,15,16). The fourth-order valence-electron chi connectivity index (χ4n) is 1.98. The molecule has 1 amide bonds. The highest BCUT2D eigenvalue weighted by atomic mass is 16.5. The van der Waals surface area contributed by atoms with Crippen LogP contribution >= 0.6 is 0 Å². The van der Waals surface area contributed by atoms with Gasteiger partial charge in [-0.05, 0) is 13.8 Å². The molecule has 1 saturated heterocycles. The molecule has 0 spiro atoms. The third-order valence-electron chi connectivity index (χ3n) is 3.07. The number of aliphatic imine (C=N–C) groups is 1. The predicted molar refractivity (Wildman–Crippen MR) is 82.5 cm³/mol. The topological polar surface area (TPSA) is 66.4 Å². The molecule has 1 heterocycles. The molecule has 1 fully saturated rings. The molecule has 0 radical (unpaired) electrons. The number of rotatable bonds is 5. The van der Waals surface area contributed by atoms with E-state index in [1.807, 2.05) is 0 Å². The number of likely N-dealkylation sites (N-methyl/N-ethyl adjacent to an activating group) is 1. The number of carbonyl (C=O) groups is 1. The van der Waals surface area contributed by atoms with E-state index in [0.29, 0.717) is 19.8 Å². The van der Waals surface area contributed by atoms with Crippen LogP contribution in [0.2, 0.25) is 0 Å². The summed E-state index contributed by atoms with van der Waals surface area (Å²) in [4.78, 5) is 19.8. The van der Waals surface area contributed by atoms with Crippen molar-refractivity contribution in [1.82, 2.24) is 15.1 Å². The number of nitrogens with one attached hydrogen (secondary N) is 1. The van der Waals surface area contributed by atoms with E-state index >= 15 is 0 Å². The Morgan fingerprint density at radius 2 is 2.24 bits per heavy atom. The number of guanidine groups is 1. The molecule has 122 valence electrons.